The van der Waals surface area contributed by atoms with Crippen LogP contribution in [0.1, 0.15) is 36.5 Å². The van der Waals surface area contributed by atoms with Gasteiger partial charge in [-0.1, -0.05) is 43.7 Å². The van der Waals surface area contributed by atoms with Crippen LogP contribution in [0.5, 0.6) is 0 Å². The zero-order valence-electron chi connectivity index (χ0n) is 12.0. The van der Waals surface area contributed by atoms with Crippen molar-refractivity contribution in [3.05, 3.63) is 60.8 Å². The van der Waals surface area contributed by atoms with Gasteiger partial charge in [0.1, 0.15) is 5.82 Å². The van der Waals surface area contributed by atoms with Crippen molar-refractivity contribution in [2.75, 3.05) is 0 Å². The maximum absolute atomic E-state index is 12.0. The maximum Gasteiger partial charge on any atom is 0.264 e. The maximum atomic E-state index is 12.0. The van der Waals surface area contributed by atoms with Gasteiger partial charge in [-0.15, -0.1) is 0 Å². The first kappa shape index (κ1) is 15.2. The van der Waals surface area contributed by atoms with Crippen molar-refractivity contribution in [1.29, 1.82) is 0 Å². The summed E-state index contributed by atoms with van der Waals surface area (Å²) in [5.74, 6) is 1.24. The molecule has 0 aliphatic rings. The molecule has 20 heavy (non-hydrogen) atoms. The molecule has 0 spiro atoms. The Bertz CT molecular complexity index is 645. The summed E-state index contributed by atoms with van der Waals surface area (Å²) in [6, 6.07) is 8.31. The quantitative estimate of drug-likeness (QED) is 0.824. The van der Waals surface area contributed by atoms with E-state index in [4.69, 9.17) is 0 Å². The van der Waals surface area contributed by atoms with E-state index in [1.165, 1.54) is 5.56 Å². The number of nitrogens with zero attached hydrogens (tertiary/aromatic N) is 1. The van der Waals surface area contributed by atoms with Crippen LogP contribution in [0.25, 0.3) is 0 Å². The summed E-state index contributed by atoms with van der Waals surface area (Å²) in [6.07, 6.45) is 1.50. The van der Waals surface area contributed by atoms with Crippen LogP contribution >= 0.6 is 22.6 Å². The molecule has 1 heterocycles. The van der Waals surface area contributed by atoms with Gasteiger partial charge >= 0.3 is 0 Å². The van der Waals surface area contributed by atoms with E-state index in [1.54, 1.807) is 0 Å². The molecule has 1 aromatic carbocycles. The second-order valence-electron chi connectivity index (χ2n) is 5.53. The van der Waals surface area contributed by atoms with Crippen molar-refractivity contribution in [1.82, 2.24) is 9.97 Å². The SMILES string of the molecule is Cc1ccc(Cc2nc(CC(C)C)c(I)c(=O)[nH]2)cc1. The van der Waals surface area contributed by atoms with E-state index < -0.39 is 0 Å². The lowest BCUT2D eigenvalue weighted by atomic mass is 10.1. The first-order chi connectivity index (χ1) is 9.45. The summed E-state index contributed by atoms with van der Waals surface area (Å²) in [4.78, 5) is 19.5. The van der Waals surface area contributed by atoms with Crippen molar-refractivity contribution in [3.63, 3.8) is 0 Å². The Labute approximate surface area is 133 Å². The van der Waals surface area contributed by atoms with Gasteiger partial charge in [0.2, 0.25) is 0 Å². The lowest BCUT2D eigenvalue weighted by Gasteiger charge is -2.09. The highest BCUT2D eigenvalue weighted by atomic mass is 127. The number of hydrogen-bond donors (Lipinski definition) is 1. The Morgan fingerprint density at radius 2 is 1.90 bits per heavy atom. The first-order valence-electron chi connectivity index (χ1n) is 6.79. The van der Waals surface area contributed by atoms with E-state index >= 15 is 0 Å². The molecular formula is C16H19IN2O. The fraction of sp³-hybridized carbons (Fsp3) is 0.375. The molecule has 1 aromatic heterocycles. The van der Waals surface area contributed by atoms with Crippen LogP contribution in [0.3, 0.4) is 0 Å². The molecule has 2 rings (SSSR count). The molecule has 0 saturated carbocycles. The Kier molecular flexibility index (Phi) is 4.96. The molecule has 0 aliphatic carbocycles. The van der Waals surface area contributed by atoms with Gasteiger partial charge in [-0.25, -0.2) is 4.98 Å². The average molecular weight is 382 g/mol. The first-order valence-corrected chi connectivity index (χ1v) is 7.86. The molecule has 4 heteroatoms. The molecule has 106 valence electrons. The predicted octanol–water partition coefficient (Wildman–Crippen LogP) is 3.47. The Morgan fingerprint density at radius 3 is 2.50 bits per heavy atom. The van der Waals surface area contributed by atoms with Gasteiger partial charge in [-0.3, -0.25) is 4.79 Å². The van der Waals surface area contributed by atoms with Gasteiger partial charge in [0.25, 0.3) is 5.56 Å². The van der Waals surface area contributed by atoms with Gasteiger partial charge in [-0.05, 0) is 47.4 Å². The number of aromatic nitrogens is 2. The molecule has 0 radical (unpaired) electrons. The number of aryl methyl sites for hydroxylation is 1. The highest BCUT2D eigenvalue weighted by Crippen LogP contribution is 2.12. The number of halogens is 1. The third kappa shape index (κ3) is 3.91. The van der Waals surface area contributed by atoms with E-state index in [0.717, 1.165) is 23.5 Å². The highest BCUT2D eigenvalue weighted by Gasteiger charge is 2.10. The largest absolute Gasteiger partial charge is 0.309 e. The normalized spacial score (nSPS) is 11.1. The molecule has 0 atom stereocenters. The van der Waals surface area contributed by atoms with Crippen LogP contribution in [0.15, 0.2) is 29.1 Å². The molecule has 1 N–H and O–H groups in total. The van der Waals surface area contributed by atoms with Crippen LogP contribution < -0.4 is 5.56 Å². The molecule has 0 bridgehead atoms. The van der Waals surface area contributed by atoms with E-state index in [0.29, 0.717) is 15.9 Å². The lowest BCUT2D eigenvalue weighted by molar-refractivity contribution is 0.626. The van der Waals surface area contributed by atoms with Crippen molar-refractivity contribution >= 4 is 22.6 Å². The second-order valence-corrected chi connectivity index (χ2v) is 6.61. The fourth-order valence-corrected chi connectivity index (χ4v) is 2.54. The second kappa shape index (κ2) is 6.52. The van der Waals surface area contributed by atoms with Crippen molar-refractivity contribution < 1.29 is 0 Å². The van der Waals surface area contributed by atoms with E-state index in [-0.39, 0.29) is 5.56 Å². The van der Waals surface area contributed by atoms with Gasteiger partial charge in [0.05, 0.1) is 9.26 Å². The minimum absolute atomic E-state index is 0.0293. The Balaban J connectivity index is 2.30. The van der Waals surface area contributed by atoms with Crippen LogP contribution in [0.2, 0.25) is 0 Å². The highest BCUT2D eigenvalue weighted by molar-refractivity contribution is 14.1. The molecular weight excluding hydrogens is 363 g/mol. The summed E-state index contributed by atoms with van der Waals surface area (Å²) in [5.41, 5.74) is 3.28. The number of hydrogen-bond acceptors (Lipinski definition) is 2. The summed E-state index contributed by atoms with van der Waals surface area (Å²) in [7, 11) is 0. The minimum Gasteiger partial charge on any atom is -0.309 e. The number of aromatic amines is 1. The van der Waals surface area contributed by atoms with E-state index in [1.807, 2.05) is 0 Å². The van der Waals surface area contributed by atoms with Crippen LogP contribution in [0, 0.1) is 16.4 Å². The van der Waals surface area contributed by atoms with Gasteiger partial charge in [-0.2, -0.15) is 0 Å². The van der Waals surface area contributed by atoms with Gasteiger partial charge in [0.15, 0.2) is 0 Å². The zero-order chi connectivity index (χ0) is 14.7. The molecule has 3 nitrogen and oxygen atoms in total. The van der Waals surface area contributed by atoms with Crippen molar-refractivity contribution in [2.24, 2.45) is 5.92 Å². The van der Waals surface area contributed by atoms with Crippen LogP contribution in [-0.2, 0) is 12.8 Å². The molecule has 0 saturated heterocycles. The number of nitrogens with one attached hydrogen (secondary N) is 1. The van der Waals surface area contributed by atoms with E-state index in [9.17, 15) is 4.79 Å². The molecule has 0 aliphatic heterocycles. The zero-order valence-corrected chi connectivity index (χ0v) is 14.2. The Morgan fingerprint density at radius 1 is 1.25 bits per heavy atom. The third-order valence-corrected chi connectivity index (χ3v) is 4.19. The molecule has 0 fully saturated rings. The topological polar surface area (TPSA) is 45.8 Å². The summed E-state index contributed by atoms with van der Waals surface area (Å²) < 4.78 is 0.712. The van der Waals surface area contributed by atoms with Crippen molar-refractivity contribution in [3.8, 4) is 0 Å². The van der Waals surface area contributed by atoms with Crippen molar-refractivity contribution in [2.45, 2.75) is 33.6 Å². The average Bonchev–Trinajstić information content (AvgIpc) is 2.37. The lowest BCUT2D eigenvalue weighted by Crippen LogP contribution is -2.19. The minimum atomic E-state index is -0.0293. The monoisotopic (exact) mass is 382 g/mol. The standard InChI is InChI=1S/C16H19IN2O/c1-10(2)8-13-15(17)16(20)19-14(18-13)9-12-6-4-11(3)5-7-12/h4-7,10H,8-9H2,1-3H3,(H,18,19,20). The van der Waals surface area contributed by atoms with Gasteiger partial charge < -0.3 is 4.98 Å². The summed E-state index contributed by atoms with van der Waals surface area (Å²) >= 11 is 2.08. The van der Waals surface area contributed by atoms with Gasteiger partial charge in [0, 0.05) is 6.42 Å². The fourth-order valence-electron chi connectivity index (χ4n) is 2.06. The summed E-state index contributed by atoms with van der Waals surface area (Å²) in [6.45, 7) is 6.34. The molecule has 2 aromatic rings. The number of rotatable bonds is 4. The summed E-state index contributed by atoms with van der Waals surface area (Å²) in [5, 5.41) is 0. The number of benzene rings is 1. The third-order valence-electron chi connectivity index (χ3n) is 3.07. The number of H-pyrrole nitrogens is 1. The van der Waals surface area contributed by atoms with Crippen LogP contribution in [0.4, 0.5) is 0 Å². The van der Waals surface area contributed by atoms with Crippen LogP contribution in [-0.4, -0.2) is 9.97 Å². The van der Waals surface area contributed by atoms with E-state index in [2.05, 4.69) is 77.6 Å². The smallest absolute Gasteiger partial charge is 0.264 e. The Hall–Kier alpha value is -1.17. The molecule has 0 unspecified atom stereocenters. The molecule has 0 amide bonds. The predicted molar refractivity (Wildman–Crippen MR) is 90.1 cm³/mol.